The molecule has 1 atom stereocenters. The summed E-state index contributed by atoms with van der Waals surface area (Å²) in [5.41, 5.74) is 1.80. The molecular formula is C28H30ClN3O7S. The molecule has 2 N–H and O–H groups in total. The van der Waals surface area contributed by atoms with Crippen molar-refractivity contribution in [3.63, 3.8) is 0 Å². The number of methoxy groups -OCH3 is 2. The number of hydrogen-bond donors (Lipinski definition) is 2. The van der Waals surface area contributed by atoms with Gasteiger partial charge in [0.2, 0.25) is 10.0 Å². The number of halogens is 1. The molecule has 1 aliphatic rings. The maximum absolute atomic E-state index is 13.3. The van der Waals surface area contributed by atoms with E-state index in [0.29, 0.717) is 35.2 Å². The van der Waals surface area contributed by atoms with Gasteiger partial charge in [0.15, 0.2) is 17.6 Å². The Hall–Kier alpha value is -3.96. The van der Waals surface area contributed by atoms with Crippen LogP contribution in [0.2, 0.25) is 5.02 Å². The number of para-hydroxylation sites is 1. The van der Waals surface area contributed by atoms with Crippen LogP contribution in [0.4, 0.5) is 11.4 Å². The predicted octanol–water partition coefficient (Wildman–Crippen LogP) is 3.89. The highest BCUT2D eigenvalue weighted by atomic mass is 35.5. The molecular weight excluding hydrogens is 558 g/mol. The molecule has 0 radical (unpaired) electrons. The van der Waals surface area contributed by atoms with Crippen LogP contribution in [0.1, 0.15) is 22.3 Å². The molecule has 3 aromatic carbocycles. The van der Waals surface area contributed by atoms with E-state index in [1.165, 1.54) is 16.4 Å². The number of rotatable bonds is 9. The van der Waals surface area contributed by atoms with Gasteiger partial charge < -0.3 is 24.8 Å². The number of carbonyl (C=O) groups is 2. The van der Waals surface area contributed by atoms with Crippen molar-refractivity contribution >= 4 is 44.8 Å². The van der Waals surface area contributed by atoms with Crippen LogP contribution in [0.15, 0.2) is 60.7 Å². The quantitative estimate of drug-likeness (QED) is 0.389. The third-order valence-corrected chi connectivity index (χ3v) is 7.74. The van der Waals surface area contributed by atoms with Gasteiger partial charge >= 0.3 is 0 Å². The van der Waals surface area contributed by atoms with Gasteiger partial charge in [-0.15, -0.1) is 0 Å². The largest absolute Gasteiger partial charge is 0.493 e. The molecule has 2 amide bonds. The molecule has 40 heavy (non-hydrogen) atoms. The average Bonchev–Trinajstić information content (AvgIpc) is 3.12. The lowest BCUT2D eigenvalue weighted by Gasteiger charge is -2.21. The Morgan fingerprint density at radius 2 is 1.80 bits per heavy atom. The lowest BCUT2D eigenvalue weighted by atomic mass is 10.1. The summed E-state index contributed by atoms with van der Waals surface area (Å²) in [6, 6.07) is 16.8. The molecule has 3 aromatic rings. The fraction of sp³-hybridized carbons (Fsp3) is 0.286. The first-order valence-electron chi connectivity index (χ1n) is 12.4. The summed E-state index contributed by atoms with van der Waals surface area (Å²) in [4.78, 5) is 26.3. The molecule has 1 unspecified atom stereocenters. The highest BCUT2D eigenvalue weighted by molar-refractivity contribution is 7.92. The lowest BCUT2D eigenvalue weighted by molar-refractivity contribution is -0.122. The highest BCUT2D eigenvalue weighted by Crippen LogP contribution is 2.36. The van der Waals surface area contributed by atoms with Gasteiger partial charge in [-0.25, -0.2) is 8.42 Å². The van der Waals surface area contributed by atoms with Crippen LogP contribution in [0.25, 0.3) is 0 Å². The summed E-state index contributed by atoms with van der Waals surface area (Å²) >= 11 is 6.09. The van der Waals surface area contributed by atoms with Crippen molar-refractivity contribution < 1.29 is 32.2 Å². The van der Waals surface area contributed by atoms with Crippen LogP contribution in [0.3, 0.4) is 0 Å². The minimum Gasteiger partial charge on any atom is -0.493 e. The third kappa shape index (κ3) is 6.78. The minimum atomic E-state index is -3.65. The zero-order valence-corrected chi connectivity index (χ0v) is 23.8. The Bertz CT molecular complexity index is 1510. The van der Waals surface area contributed by atoms with Crippen molar-refractivity contribution in [2.24, 2.45) is 0 Å². The van der Waals surface area contributed by atoms with Gasteiger partial charge in [-0.05, 0) is 54.4 Å². The minimum absolute atomic E-state index is 0.0164. The second kappa shape index (κ2) is 12.5. The van der Waals surface area contributed by atoms with E-state index in [1.54, 1.807) is 50.6 Å². The fourth-order valence-electron chi connectivity index (χ4n) is 4.34. The molecule has 0 spiro atoms. The molecule has 0 bridgehead atoms. The van der Waals surface area contributed by atoms with Crippen molar-refractivity contribution in [3.05, 3.63) is 76.8 Å². The fourth-order valence-corrected chi connectivity index (χ4v) is 5.44. The number of ether oxygens (including phenoxy) is 3. The van der Waals surface area contributed by atoms with E-state index in [-0.39, 0.29) is 35.9 Å². The zero-order valence-electron chi connectivity index (χ0n) is 22.3. The van der Waals surface area contributed by atoms with Crippen LogP contribution >= 0.6 is 11.6 Å². The molecule has 212 valence electrons. The predicted molar refractivity (Wildman–Crippen MR) is 153 cm³/mol. The van der Waals surface area contributed by atoms with E-state index in [1.807, 2.05) is 12.1 Å². The number of nitrogens with zero attached hydrogens (tertiary/aromatic N) is 1. The summed E-state index contributed by atoms with van der Waals surface area (Å²) in [5.74, 6) is 0.566. The number of carbonyl (C=O) groups excluding carboxylic acids is 2. The van der Waals surface area contributed by atoms with Gasteiger partial charge in [0.1, 0.15) is 5.75 Å². The van der Waals surface area contributed by atoms with Crippen molar-refractivity contribution in [2.75, 3.05) is 43.2 Å². The van der Waals surface area contributed by atoms with Gasteiger partial charge in [0.25, 0.3) is 11.8 Å². The van der Waals surface area contributed by atoms with Gasteiger partial charge in [-0.1, -0.05) is 29.8 Å². The Balaban J connectivity index is 1.44. The molecule has 10 nitrogen and oxygen atoms in total. The Morgan fingerprint density at radius 1 is 1.05 bits per heavy atom. The molecule has 0 fully saturated rings. The van der Waals surface area contributed by atoms with Crippen molar-refractivity contribution in [2.45, 2.75) is 18.9 Å². The number of anilines is 2. The molecule has 12 heteroatoms. The summed E-state index contributed by atoms with van der Waals surface area (Å²) in [6.07, 6.45) is 0.715. The van der Waals surface area contributed by atoms with Crippen molar-refractivity contribution in [1.29, 1.82) is 0 Å². The lowest BCUT2D eigenvalue weighted by Crippen LogP contribution is -2.36. The van der Waals surface area contributed by atoms with Gasteiger partial charge in [0, 0.05) is 24.5 Å². The smallest absolute Gasteiger partial charge is 0.265 e. The molecule has 0 aliphatic carbocycles. The summed E-state index contributed by atoms with van der Waals surface area (Å²) in [6.45, 7) is 0.367. The first kappa shape index (κ1) is 29.0. The standard InChI is InChI=1S/C28H30ClN3O7S/c1-37-24-10-8-18(16-26(24)38-2)12-14-30-27(33)20-6-4-5-7-21(20)31-28(34)25-13-15-32(40(3,35)36)22-17-19(29)9-11-23(22)39-25/h4-11,16-17,25H,12-15H2,1-3H3,(H,30,33)(H,31,34). The Kier molecular flexibility index (Phi) is 9.06. The normalized spacial score (nSPS) is 14.8. The molecule has 0 saturated heterocycles. The number of fused-ring (bicyclic) bond motifs is 1. The second-order valence-corrected chi connectivity index (χ2v) is 11.4. The molecule has 1 aliphatic heterocycles. The van der Waals surface area contributed by atoms with Crippen LogP contribution in [0.5, 0.6) is 17.2 Å². The molecule has 0 aromatic heterocycles. The Labute approximate surface area is 238 Å². The third-order valence-electron chi connectivity index (χ3n) is 6.32. The summed E-state index contributed by atoms with van der Waals surface area (Å²) < 4.78 is 42.5. The zero-order chi connectivity index (χ0) is 28.9. The number of hydrogen-bond acceptors (Lipinski definition) is 7. The highest BCUT2D eigenvalue weighted by Gasteiger charge is 2.32. The van der Waals surface area contributed by atoms with Gasteiger partial charge in [0.05, 0.1) is 37.4 Å². The SMILES string of the molecule is COc1ccc(CCNC(=O)c2ccccc2NC(=O)C2CCN(S(C)(=O)=O)c3cc(Cl)ccc3O2)cc1OC. The second-order valence-electron chi connectivity index (χ2n) is 9.07. The van der Waals surface area contributed by atoms with E-state index in [9.17, 15) is 18.0 Å². The Morgan fingerprint density at radius 3 is 2.52 bits per heavy atom. The van der Waals surface area contributed by atoms with Crippen LogP contribution < -0.4 is 29.1 Å². The van der Waals surface area contributed by atoms with Gasteiger partial charge in [-0.3, -0.25) is 13.9 Å². The van der Waals surface area contributed by atoms with Crippen LogP contribution in [-0.4, -0.2) is 59.9 Å². The van der Waals surface area contributed by atoms with E-state index in [4.69, 9.17) is 25.8 Å². The van der Waals surface area contributed by atoms with E-state index < -0.39 is 22.0 Å². The number of amides is 2. The monoisotopic (exact) mass is 587 g/mol. The number of benzene rings is 3. The van der Waals surface area contributed by atoms with Crippen molar-refractivity contribution in [3.8, 4) is 17.2 Å². The van der Waals surface area contributed by atoms with E-state index >= 15 is 0 Å². The maximum Gasteiger partial charge on any atom is 0.265 e. The van der Waals surface area contributed by atoms with E-state index in [2.05, 4.69) is 10.6 Å². The first-order valence-corrected chi connectivity index (χ1v) is 14.7. The average molecular weight is 588 g/mol. The number of nitrogens with one attached hydrogen (secondary N) is 2. The van der Waals surface area contributed by atoms with E-state index in [0.717, 1.165) is 11.8 Å². The maximum atomic E-state index is 13.3. The molecule has 0 saturated carbocycles. The van der Waals surface area contributed by atoms with Crippen LogP contribution in [-0.2, 0) is 21.2 Å². The van der Waals surface area contributed by atoms with Gasteiger partial charge in [-0.2, -0.15) is 0 Å². The van der Waals surface area contributed by atoms with Crippen LogP contribution in [0, 0.1) is 0 Å². The number of sulfonamides is 1. The van der Waals surface area contributed by atoms with Crippen molar-refractivity contribution in [1.82, 2.24) is 5.32 Å². The topological polar surface area (TPSA) is 123 Å². The summed E-state index contributed by atoms with van der Waals surface area (Å²) in [7, 11) is -0.520. The molecule has 4 rings (SSSR count). The summed E-state index contributed by atoms with van der Waals surface area (Å²) in [5, 5.41) is 5.99. The molecule has 1 heterocycles. The first-order chi connectivity index (χ1) is 19.1.